The lowest BCUT2D eigenvalue weighted by Crippen LogP contribution is -2.14. The summed E-state index contributed by atoms with van der Waals surface area (Å²) in [5.41, 5.74) is 1.22. The molecule has 0 aromatic carbocycles. The molecule has 0 aliphatic rings. The second-order valence-electron chi connectivity index (χ2n) is 4.66. The number of carbonyl (C=O) groups excluding carboxylic acids is 1. The molecule has 1 amide bonds. The molecule has 0 radical (unpaired) electrons. The van der Waals surface area contributed by atoms with Gasteiger partial charge in [-0.25, -0.2) is 9.97 Å². The smallest absolute Gasteiger partial charge is 0.279 e. The van der Waals surface area contributed by atoms with Crippen molar-refractivity contribution in [2.45, 2.75) is 13.8 Å². The predicted octanol–water partition coefficient (Wildman–Crippen LogP) is 2.95. The molecule has 0 aliphatic carbocycles. The molecule has 22 heavy (non-hydrogen) atoms. The molecule has 0 saturated carbocycles. The van der Waals surface area contributed by atoms with E-state index in [9.17, 15) is 4.79 Å². The number of hydrogen-bond donors (Lipinski definition) is 2. The summed E-state index contributed by atoms with van der Waals surface area (Å²) in [7, 11) is 1.83. The number of thiazole rings is 2. The zero-order chi connectivity index (χ0) is 15.7. The Hall–Kier alpha value is -2.26. The maximum atomic E-state index is 12.4. The van der Waals surface area contributed by atoms with Crippen molar-refractivity contribution >= 4 is 44.5 Å². The summed E-state index contributed by atoms with van der Waals surface area (Å²) < 4.78 is 1.69. The van der Waals surface area contributed by atoms with Gasteiger partial charge in [-0.05, 0) is 13.8 Å². The van der Waals surface area contributed by atoms with Gasteiger partial charge in [0.2, 0.25) is 0 Å². The van der Waals surface area contributed by atoms with Crippen molar-refractivity contribution in [2.75, 3.05) is 10.6 Å². The molecule has 7 nitrogen and oxygen atoms in total. The van der Waals surface area contributed by atoms with Crippen molar-refractivity contribution in [3.8, 4) is 0 Å². The summed E-state index contributed by atoms with van der Waals surface area (Å²) in [6.45, 7) is 3.74. The van der Waals surface area contributed by atoms with E-state index in [0.29, 0.717) is 21.6 Å². The Morgan fingerprint density at radius 3 is 2.77 bits per heavy atom. The number of aryl methyl sites for hydroxylation is 3. The highest BCUT2D eigenvalue weighted by Gasteiger charge is 2.19. The summed E-state index contributed by atoms with van der Waals surface area (Å²) in [6.07, 6.45) is 1.83. The van der Waals surface area contributed by atoms with E-state index in [0.717, 1.165) is 10.7 Å². The lowest BCUT2D eigenvalue weighted by atomic mass is 10.4. The number of rotatable bonds is 4. The Morgan fingerprint density at radius 2 is 2.14 bits per heavy atom. The van der Waals surface area contributed by atoms with Gasteiger partial charge in [0.05, 0.1) is 10.7 Å². The van der Waals surface area contributed by atoms with Gasteiger partial charge in [-0.1, -0.05) is 0 Å². The minimum Gasteiger partial charge on any atom is -0.328 e. The number of nitrogens with zero attached hydrogens (tertiary/aromatic N) is 4. The molecule has 114 valence electrons. The van der Waals surface area contributed by atoms with E-state index in [1.807, 2.05) is 38.5 Å². The fourth-order valence-electron chi connectivity index (χ4n) is 1.83. The van der Waals surface area contributed by atoms with E-state index in [1.165, 1.54) is 22.7 Å². The largest absolute Gasteiger partial charge is 0.328 e. The first kappa shape index (κ1) is 14.7. The average Bonchev–Trinajstić information content (AvgIpc) is 3.13. The quantitative estimate of drug-likeness (QED) is 0.766. The van der Waals surface area contributed by atoms with Crippen LogP contribution < -0.4 is 10.6 Å². The van der Waals surface area contributed by atoms with E-state index in [4.69, 9.17) is 0 Å². The van der Waals surface area contributed by atoms with E-state index in [-0.39, 0.29) is 5.91 Å². The van der Waals surface area contributed by atoms with Crippen LogP contribution in [0.5, 0.6) is 0 Å². The van der Waals surface area contributed by atoms with Gasteiger partial charge in [-0.15, -0.1) is 22.7 Å². The highest BCUT2D eigenvalue weighted by Crippen LogP contribution is 2.28. The number of carbonyl (C=O) groups is 1. The summed E-state index contributed by atoms with van der Waals surface area (Å²) >= 11 is 2.80. The molecule has 3 heterocycles. The Balaban J connectivity index is 1.82. The molecule has 0 spiro atoms. The van der Waals surface area contributed by atoms with Crippen LogP contribution >= 0.6 is 22.7 Å². The highest BCUT2D eigenvalue weighted by atomic mass is 32.1. The minimum absolute atomic E-state index is 0.280. The summed E-state index contributed by atoms with van der Waals surface area (Å²) in [4.78, 5) is 20.9. The van der Waals surface area contributed by atoms with Gasteiger partial charge in [0.15, 0.2) is 16.6 Å². The number of aromatic nitrogens is 4. The van der Waals surface area contributed by atoms with Crippen molar-refractivity contribution < 1.29 is 4.79 Å². The number of nitrogens with one attached hydrogen (secondary N) is 2. The van der Waals surface area contributed by atoms with E-state index in [1.54, 1.807) is 4.68 Å². The van der Waals surface area contributed by atoms with Gasteiger partial charge in [0.1, 0.15) is 5.00 Å². The summed E-state index contributed by atoms with van der Waals surface area (Å²) in [5, 5.41) is 14.1. The lowest BCUT2D eigenvalue weighted by molar-refractivity contribution is 0.102. The molecule has 9 heteroatoms. The van der Waals surface area contributed by atoms with Crippen LogP contribution in [-0.4, -0.2) is 25.7 Å². The van der Waals surface area contributed by atoms with Gasteiger partial charge in [-0.3, -0.25) is 14.8 Å². The fraction of sp³-hybridized carbons (Fsp3) is 0.231. The van der Waals surface area contributed by atoms with Gasteiger partial charge in [-0.2, -0.15) is 5.10 Å². The maximum Gasteiger partial charge on any atom is 0.279 e. The zero-order valence-electron chi connectivity index (χ0n) is 12.2. The maximum absolute atomic E-state index is 12.4. The van der Waals surface area contributed by atoms with E-state index < -0.39 is 0 Å². The van der Waals surface area contributed by atoms with Crippen LogP contribution in [0.1, 0.15) is 21.2 Å². The van der Waals surface area contributed by atoms with Crippen LogP contribution in [0.3, 0.4) is 0 Å². The lowest BCUT2D eigenvalue weighted by Gasteiger charge is -2.03. The van der Waals surface area contributed by atoms with Gasteiger partial charge < -0.3 is 5.32 Å². The van der Waals surface area contributed by atoms with Gasteiger partial charge in [0, 0.05) is 24.7 Å². The molecular formula is C13H14N6OS2. The van der Waals surface area contributed by atoms with Crippen molar-refractivity contribution in [1.29, 1.82) is 0 Å². The van der Waals surface area contributed by atoms with Crippen LogP contribution in [0.25, 0.3) is 0 Å². The third-order valence-electron chi connectivity index (χ3n) is 2.74. The fourth-order valence-corrected chi connectivity index (χ4v) is 3.34. The second kappa shape index (κ2) is 5.85. The normalized spacial score (nSPS) is 10.7. The first-order valence-electron chi connectivity index (χ1n) is 6.49. The Kier molecular flexibility index (Phi) is 3.90. The number of hydrogen-bond acceptors (Lipinski definition) is 7. The highest BCUT2D eigenvalue weighted by molar-refractivity contribution is 7.16. The number of amides is 1. The standard InChI is InChI=1S/C13H14N6OS2/c1-7-6-21-13(14-7)17-11(20)10-12(22-8(2)15-10)16-9-4-5-19(3)18-9/h4-6H,1-3H3,(H,16,18)(H,14,17,20). The molecule has 3 rings (SSSR count). The van der Waals surface area contributed by atoms with E-state index >= 15 is 0 Å². The molecule has 0 unspecified atom stereocenters. The van der Waals surface area contributed by atoms with Crippen LogP contribution in [0, 0.1) is 13.8 Å². The second-order valence-corrected chi connectivity index (χ2v) is 6.72. The average molecular weight is 334 g/mol. The molecular weight excluding hydrogens is 320 g/mol. The summed E-state index contributed by atoms with van der Waals surface area (Å²) in [5.74, 6) is 0.391. The molecule has 3 aromatic heterocycles. The summed E-state index contributed by atoms with van der Waals surface area (Å²) in [6, 6.07) is 1.83. The van der Waals surface area contributed by atoms with Crippen molar-refractivity contribution in [2.24, 2.45) is 7.05 Å². The topological polar surface area (TPSA) is 84.7 Å². The Labute approximate surface area is 135 Å². The number of anilines is 3. The minimum atomic E-state index is -0.280. The van der Waals surface area contributed by atoms with Crippen molar-refractivity contribution in [1.82, 2.24) is 19.7 Å². The third kappa shape index (κ3) is 3.15. The molecule has 2 N–H and O–H groups in total. The van der Waals surface area contributed by atoms with Crippen LogP contribution in [0.4, 0.5) is 16.0 Å². The zero-order valence-corrected chi connectivity index (χ0v) is 13.9. The molecule has 0 saturated heterocycles. The Morgan fingerprint density at radius 1 is 1.32 bits per heavy atom. The first-order valence-corrected chi connectivity index (χ1v) is 8.18. The molecule has 0 fully saturated rings. The van der Waals surface area contributed by atoms with Gasteiger partial charge >= 0.3 is 0 Å². The van der Waals surface area contributed by atoms with E-state index in [2.05, 4.69) is 25.7 Å². The molecule has 0 aliphatic heterocycles. The molecule has 0 bridgehead atoms. The molecule has 3 aromatic rings. The SMILES string of the molecule is Cc1csc(NC(=O)c2nc(C)sc2Nc2ccn(C)n2)n1. The Bertz CT molecular complexity index is 818. The van der Waals surface area contributed by atoms with Crippen LogP contribution in [-0.2, 0) is 7.05 Å². The monoisotopic (exact) mass is 334 g/mol. The first-order chi connectivity index (χ1) is 10.5. The predicted molar refractivity (Wildman–Crippen MR) is 88.1 cm³/mol. The van der Waals surface area contributed by atoms with Crippen molar-refractivity contribution in [3.05, 3.63) is 34.0 Å². The van der Waals surface area contributed by atoms with Crippen LogP contribution in [0.15, 0.2) is 17.6 Å². The third-order valence-corrected chi connectivity index (χ3v) is 4.51. The van der Waals surface area contributed by atoms with Gasteiger partial charge in [0.25, 0.3) is 5.91 Å². The van der Waals surface area contributed by atoms with Crippen molar-refractivity contribution in [3.63, 3.8) is 0 Å². The molecule has 0 atom stereocenters. The van der Waals surface area contributed by atoms with Crippen LogP contribution in [0.2, 0.25) is 0 Å².